The molecule has 6 heteroatoms. The fourth-order valence-electron chi connectivity index (χ4n) is 0.986. The van der Waals surface area contributed by atoms with E-state index in [1.165, 1.54) is 0 Å². The van der Waals surface area contributed by atoms with Gasteiger partial charge in [-0.05, 0) is 5.92 Å². The molecule has 5 N–H and O–H groups in total. The second-order valence-corrected chi connectivity index (χ2v) is 4.16. The Balaban J connectivity index is 3.43. The van der Waals surface area contributed by atoms with Crippen molar-refractivity contribution in [2.24, 2.45) is 11.7 Å². The summed E-state index contributed by atoms with van der Waals surface area (Å²) in [5.74, 6) is -0.352. The van der Waals surface area contributed by atoms with Crippen LogP contribution in [0.3, 0.4) is 0 Å². The molecule has 0 aromatic heterocycles. The minimum Gasteiger partial charge on any atom is -0.389 e. The number of aliphatic hydroxyl groups excluding tert-OH is 2. The highest BCUT2D eigenvalue weighted by Crippen LogP contribution is 1.93. The van der Waals surface area contributed by atoms with E-state index in [-0.39, 0.29) is 19.7 Å². The molecule has 0 spiro atoms. The van der Waals surface area contributed by atoms with Gasteiger partial charge >= 0.3 is 0 Å². The largest absolute Gasteiger partial charge is 0.389 e. The van der Waals surface area contributed by atoms with Crippen molar-refractivity contribution < 1.29 is 19.7 Å². The zero-order valence-electron chi connectivity index (χ0n) is 9.85. The molecule has 0 heterocycles. The van der Waals surface area contributed by atoms with Crippen LogP contribution in [0.15, 0.2) is 0 Å². The summed E-state index contributed by atoms with van der Waals surface area (Å²) in [7, 11) is 0. The fraction of sp³-hybridized carbons (Fsp3) is 0.900. The number of carbonyl (C=O) groups is 1. The van der Waals surface area contributed by atoms with E-state index in [2.05, 4.69) is 5.32 Å². The fourth-order valence-corrected chi connectivity index (χ4v) is 0.986. The third kappa shape index (κ3) is 8.60. The van der Waals surface area contributed by atoms with Crippen molar-refractivity contribution in [1.29, 1.82) is 0 Å². The Hall–Kier alpha value is -0.690. The van der Waals surface area contributed by atoms with Gasteiger partial charge in [0.25, 0.3) is 0 Å². The summed E-state index contributed by atoms with van der Waals surface area (Å²) in [5.41, 5.74) is 4.85. The lowest BCUT2D eigenvalue weighted by Gasteiger charge is -2.14. The Kier molecular flexibility index (Phi) is 8.10. The summed E-state index contributed by atoms with van der Waals surface area (Å²) in [6.45, 7) is 5.17. The van der Waals surface area contributed by atoms with Gasteiger partial charge in [0.1, 0.15) is 6.10 Å². The Morgan fingerprint density at radius 1 is 1.31 bits per heavy atom. The minimum atomic E-state index is -1.22. The summed E-state index contributed by atoms with van der Waals surface area (Å²) in [4.78, 5) is 10.5. The number of amides is 1. The number of primary amides is 1. The normalized spacial score (nSPS) is 15.1. The topological polar surface area (TPSA) is 105 Å². The first-order valence-corrected chi connectivity index (χ1v) is 5.37. The van der Waals surface area contributed by atoms with E-state index >= 15 is 0 Å². The van der Waals surface area contributed by atoms with Crippen molar-refractivity contribution in [2.45, 2.75) is 26.1 Å². The van der Waals surface area contributed by atoms with Gasteiger partial charge in [-0.3, -0.25) is 4.79 Å². The number of carbonyl (C=O) groups excluding carboxylic acids is 1. The molecular weight excluding hydrogens is 212 g/mol. The van der Waals surface area contributed by atoms with E-state index in [4.69, 9.17) is 15.6 Å². The first-order chi connectivity index (χ1) is 7.43. The Morgan fingerprint density at radius 3 is 2.44 bits per heavy atom. The van der Waals surface area contributed by atoms with Crippen LogP contribution in [0.2, 0.25) is 0 Å². The predicted octanol–water partition coefficient (Wildman–Crippen LogP) is -1.54. The highest BCUT2D eigenvalue weighted by Gasteiger charge is 2.11. The average Bonchev–Trinajstić information content (AvgIpc) is 2.16. The molecular formula is C10H22N2O4. The summed E-state index contributed by atoms with van der Waals surface area (Å²) >= 11 is 0. The van der Waals surface area contributed by atoms with Crippen molar-refractivity contribution in [3.05, 3.63) is 0 Å². The van der Waals surface area contributed by atoms with Crippen molar-refractivity contribution in [2.75, 3.05) is 26.3 Å². The summed E-state index contributed by atoms with van der Waals surface area (Å²) in [6, 6.07) is 0. The lowest BCUT2D eigenvalue weighted by Crippen LogP contribution is -2.41. The molecule has 0 aromatic rings. The predicted molar refractivity (Wildman–Crippen MR) is 59.7 cm³/mol. The van der Waals surface area contributed by atoms with Crippen molar-refractivity contribution in [3.8, 4) is 0 Å². The SMILES string of the molecule is CC(C)COCC(O)CNCC(O)C(N)=O. The molecule has 1 amide bonds. The molecule has 96 valence electrons. The third-order valence-corrected chi connectivity index (χ3v) is 1.81. The van der Waals surface area contributed by atoms with Gasteiger partial charge in [0.05, 0.1) is 12.7 Å². The van der Waals surface area contributed by atoms with Crippen molar-refractivity contribution in [1.82, 2.24) is 5.32 Å². The summed E-state index contributed by atoms with van der Waals surface area (Å²) < 4.78 is 5.22. The van der Waals surface area contributed by atoms with E-state index in [1.54, 1.807) is 0 Å². The number of rotatable bonds is 9. The number of hydrogen-bond acceptors (Lipinski definition) is 5. The maximum absolute atomic E-state index is 10.5. The second-order valence-electron chi connectivity index (χ2n) is 4.16. The van der Waals surface area contributed by atoms with Gasteiger partial charge in [0.2, 0.25) is 5.91 Å². The van der Waals surface area contributed by atoms with Crippen LogP contribution in [0.25, 0.3) is 0 Å². The van der Waals surface area contributed by atoms with Crippen LogP contribution in [-0.2, 0) is 9.53 Å². The quantitative estimate of drug-likeness (QED) is 0.387. The van der Waals surface area contributed by atoms with Gasteiger partial charge in [0.15, 0.2) is 0 Å². The van der Waals surface area contributed by atoms with Gasteiger partial charge in [-0.1, -0.05) is 13.8 Å². The highest BCUT2D eigenvalue weighted by molar-refractivity contribution is 5.78. The molecule has 16 heavy (non-hydrogen) atoms. The van der Waals surface area contributed by atoms with Crippen LogP contribution < -0.4 is 11.1 Å². The maximum Gasteiger partial charge on any atom is 0.247 e. The Morgan fingerprint density at radius 2 is 1.94 bits per heavy atom. The third-order valence-electron chi connectivity index (χ3n) is 1.81. The Bertz CT molecular complexity index is 199. The lowest BCUT2D eigenvalue weighted by atomic mass is 10.2. The van der Waals surface area contributed by atoms with Crippen LogP contribution in [0, 0.1) is 5.92 Å². The number of hydrogen-bond donors (Lipinski definition) is 4. The molecule has 0 aliphatic heterocycles. The molecule has 0 rings (SSSR count). The van der Waals surface area contributed by atoms with Crippen molar-refractivity contribution >= 4 is 5.91 Å². The molecule has 0 aliphatic rings. The van der Waals surface area contributed by atoms with E-state index in [0.717, 1.165) is 0 Å². The van der Waals surface area contributed by atoms with Crippen LogP contribution in [-0.4, -0.2) is 54.6 Å². The molecule has 6 nitrogen and oxygen atoms in total. The van der Waals surface area contributed by atoms with E-state index < -0.39 is 18.1 Å². The van der Waals surface area contributed by atoms with Crippen LogP contribution >= 0.6 is 0 Å². The summed E-state index contributed by atoms with van der Waals surface area (Å²) in [5, 5.41) is 21.2. The van der Waals surface area contributed by atoms with Gasteiger partial charge < -0.3 is 26.0 Å². The van der Waals surface area contributed by atoms with E-state index in [1.807, 2.05) is 13.8 Å². The van der Waals surface area contributed by atoms with Gasteiger partial charge in [-0.2, -0.15) is 0 Å². The first-order valence-electron chi connectivity index (χ1n) is 5.37. The highest BCUT2D eigenvalue weighted by atomic mass is 16.5. The zero-order chi connectivity index (χ0) is 12.6. The van der Waals surface area contributed by atoms with Crippen LogP contribution in [0.5, 0.6) is 0 Å². The molecule has 2 unspecified atom stereocenters. The number of nitrogens with two attached hydrogens (primary N) is 1. The standard InChI is InChI=1S/C10H22N2O4/c1-7(2)5-16-6-8(13)3-12-4-9(14)10(11)15/h7-9,12-14H,3-6H2,1-2H3,(H2,11,15). The molecule has 0 aliphatic carbocycles. The van der Waals surface area contributed by atoms with Gasteiger partial charge in [-0.15, -0.1) is 0 Å². The molecule has 0 saturated carbocycles. The van der Waals surface area contributed by atoms with Crippen molar-refractivity contribution in [3.63, 3.8) is 0 Å². The smallest absolute Gasteiger partial charge is 0.247 e. The number of nitrogens with one attached hydrogen (secondary N) is 1. The van der Waals surface area contributed by atoms with Crippen LogP contribution in [0.4, 0.5) is 0 Å². The summed E-state index contributed by atoms with van der Waals surface area (Å²) in [6.07, 6.45) is -1.87. The lowest BCUT2D eigenvalue weighted by molar-refractivity contribution is -0.125. The Labute approximate surface area is 95.8 Å². The van der Waals surface area contributed by atoms with Gasteiger partial charge in [-0.25, -0.2) is 0 Å². The number of ether oxygens (including phenoxy) is 1. The molecule has 0 saturated heterocycles. The zero-order valence-corrected chi connectivity index (χ0v) is 9.85. The first kappa shape index (κ1) is 15.3. The monoisotopic (exact) mass is 234 g/mol. The average molecular weight is 234 g/mol. The van der Waals surface area contributed by atoms with E-state index in [9.17, 15) is 9.90 Å². The molecule has 0 aromatic carbocycles. The molecule has 0 radical (unpaired) electrons. The van der Waals surface area contributed by atoms with E-state index in [0.29, 0.717) is 12.5 Å². The van der Waals surface area contributed by atoms with Crippen LogP contribution in [0.1, 0.15) is 13.8 Å². The maximum atomic E-state index is 10.5. The molecule has 2 atom stereocenters. The molecule has 0 fully saturated rings. The number of aliphatic hydroxyl groups is 2. The minimum absolute atomic E-state index is 0.0383. The molecule has 0 bridgehead atoms. The second kappa shape index (κ2) is 8.46. The van der Waals surface area contributed by atoms with Gasteiger partial charge in [0, 0.05) is 19.7 Å².